The summed E-state index contributed by atoms with van der Waals surface area (Å²) in [5.74, 6) is 3.91. The predicted molar refractivity (Wildman–Crippen MR) is 89.9 cm³/mol. The molecule has 122 valence electrons. The Morgan fingerprint density at radius 3 is 2.78 bits per heavy atom. The number of carbonyl (C=O) groups is 1. The molecule has 5 heteroatoms. The highest BCUT2D eigenvalue weighted by Gasteiger charge is 2.36. The van der Waals surface area contributed by atoms with E-state index in [4.69, 9.17) is 9.15 Å². The Labute approximate surface area is 136 Å². The number of benzene rings is 1. The van der Waals surface area contributed by atoms with Crippen molar-refractivity contribution in [3.63, 3.8) is 0 Å². The third-order valence-electron chi connectivity index (χ3n) is 4.13. The van der Waals surface area contributed by atoms with Gasteiger partial charge < -0.3 is 19.8 Å². The largest absolute Gasteiger partial charge is 0.495 e. The number of furan rings is 1. The maximum absolute atomic E-state index is 11.2. The van der Waals surface area contributed by atoms with Crippen molar-refractivity contribution in [3.05, 3.63) is 41.9 Å². The van der Waals surface area contributed by atoms with Crippen LogP contribution in [0.4, 0.5) is 11.4 Å². The number of carbonyl (C=O) groups excluding carboxylic acids is 1. The highest BCUT2D eigenvalue weighted by Crippen LogP contribution is 2.47. The maximum atomic E-state index is 11.2. The van der Waals surface area contributed by atoms with Crippen LogP contribution in [0.2, 0.25) is 0 Å². The third kappa shape index (κ3) is 3.67. The number of hydrogen-bond donors (Lipinski definition) is 2. The molecule has 23 heavy (non-hydrogen) atoms. The van der Waals surface area contributed by atoms with Crippen LogP contribution in [0.25, 0.3) is 0 Å². The lowest BCUT2D eigenvalue weighted by atomic mass is 10.2. The van der Waals surface area contributed by atoms with Gasteiger partial charge in [0, 0.05) is 18.5 Å². The van der Waals surface area contributed by atoms with Gasteiger partial charge in [-0.05, 0) is 42.7 Å². The molecule has 0 aliphatic heterocycles. The monoisotopic (exact) mass is 314 g/mol. The summed E-state index contributed by atoms with van der Waals surface area (Å²) < 4.78 is 11.3. The van der Waals surface area contributed by atoms with E-state index < -0.39 is 0 Å². The molecule has 1 heterocycles. The molecule has 1 aromatic heterocycles. The molecule has 2 N–H and O–H groups in total. The molecule has 1 aromatic carbocycles. The quantitative estimate of drug-likeness (QED) is 0.846. The third-order valence-corrected chi connectivity index (χ3v) is 4.13. The van der Waals surface area contributed by atoms with E-state index in [9.17, 15) is 4.79 Å². The van der Waals surface area contributed by atoms with E-state index in [1.807, 2.05) is 24.3 Å². The van der Waals surface area contributed by atoms with Gasteiger partial charge in [0.1, 0.15) is 17.3 Å². The lowest BCUT2D eigenvalue weighted by molar-refractivity contribution is -0.114. The average molecular weight is 314 g/mol. The van der Waals surface area contributed by atoms with Crippen LogP contribution in [0.5, 0.6) is 5.75 Å². The van der Waals surface area contributed by atoms with Crippen molar-refractivity contribution >= 4 is 17.3 Å². The van der Waals surface area contributed by atoms with E-state index in [0.29, 0.717) is 12.5 Å². The molecule has 0 saturated heterocycles. The SMILES string of the molecule is COc1ccc(NC(C)=O)cc1NCc1ccc([C@@H]2C[C@H]2C)o1. The zero-order chi connectivity index (χ0) is 16.4. The number of hydrogen-bond acceptors (Lipinski definition) is 4. The first-order valence-corrected chi connectivity index (χ1v) is 7.85. The van der Waals surface area contributed by atoms with E-state index in [2.05, 4.69) is 23.6 Å². The summed E-state index contributed by atoms with van der Waals surface area (Å²) in [5.41, 5.74) is 1.55. The Hall–Kier alpha value is -2.43. The Morgan fingerprint density at radius 1 is 1.35 bits per heavy atom. The molecule has 1 fully saturated rings. The Balaban J connectivity index is 1.68. The van der Waals surface area contributed by atoms with Gasteiger partial charge in [-0.1, -0.05) is 6.92 Å². The summed E-state index contributed by atoms with van der Waals surface area (Å²) in [5, 5.41) is 6.08. The molecule has 2 aromatic rings. The second kappa shape index (κ2) is 6.36. The van der Waals surface area contributed by atoms with Crippen LogP contribution >= 0.6 is 0 Å². The molecule has 5 nitrogen and oxygen atoms in total. The van der Waals surface area contributed by atoms with Gasteiger partial charge in [-0.15, -0.1) is 0 Å². The van der Waals surface area contributed by atoms with Crippen molar-refractivity contribution in [2.75, 3.05) is 17.7 Å². The Morgan fingerprint density at radius 2 is 2.13 bits per heavy atom. The predicted octanol–water partition coefficient (Wildman–Crippen LogP) is 3.98. The van der Waals surface area contributed by atoms with Gasteiger partial charge in [0.2, 0.25) is 5.91 Å². The molecule has 1 aliphatic carbocycles. The summed E-state index contributed by atoms with van der Waals surface area (Å²) in [6.45, 7) is 4.30. The van der Waals surface area contributed by atoms with Crippen molar-refractivity contribution in [1.29, 1.82) is 0 Å². The van der Waals surface area contributed by atoms with Gasteiger partial charge in [0.05, 0.1) is 19.3 Å². The normalized spacial score (nSPS) is 19.3. The number of nitrogens with one attached hydrogen (secondary N) is 2. The minimum atomic E-state index is -0.102. The molecule has 1 amide bonds. The molecule has 1 saturated carbocycles. The van der Waals surface area contributed by atoms with Crippen molar-refractivity contribution in [2.45, 2.75) is 32.7 Å². The minimum absolute atomic E-state index is 0.102. The molecular weight excluding hydrogens is 292 g/mol. The van der Waals surface area contributed by atoms with E-state index in [1.165, 1.54) is 13.3 Å². The van der Waals surface area contributed by atoms with Crippen LogP contribution in [0, 0.1) is 5.92 Å². The highest BCUT2D eigenvalue weighted by molar-refractivity contribution is 5.89. The standard InChI is InChI=1S/C18H22N2O3/c1-11-8-15(11)17-7-5-14(23-17)10-19-16-9-13(20-12(2)21)4-6-18(16)22-3/h4-7,9,11,15,19H,8,10H2,1-3H3,(H,20,21)/t11-,15-/m1/s1. The molecule has 0 unspecified atom stereocenters. The lowest BCUT2D eigenvalue weighted by Gasteiger charge is -2.12. The fourth-order valence-corrected chi connectivity index (χ4v) is 2.72. The van der Waals surface area contributed by atoms with Crippen LogP contribution in [0.1, 0.15) is 37.7 Å². The summed E-state index contributed by atoms with van der Waals surface area (Å²) in [7, 11) is 1.62. The second-order valence-electron chi connectivity index (χ2n) is 6.07. The van der Waals surface area contributed by atoms with Crippen LogP contribution in [0.3, 0.4) is 0 Å². The molecule has 3 rings (SSSR count). The number of amides is 1. The van der Waals surface area contributed by atoms with Crippen molar-refractivity contribution < 1.29 is 13.9 Å². The summed E-state index contributed by atoms with van der Waals surface area (Å²) in [4.78, 5) is 11.2. The topological polar surface area (TPSA) is 63.5 Å². The zero-order valence-corrected chi connectivity index (χ0v) is 13.7. The van der Waals surface area contributed by atoms with E-state index in [0.717, 1.165) is 34.6 Å². The summed E-state index contributed by atoms with van der Waals surface area (Å²) >= 11 is 0. The highest BCUT2D eigenvalue weighted by atomic mass is 16.5. The summed E-state index contributed by atoms with van der Waals surface area (Å²) in [6.07, 6.45) is 1.22. The van der Waals surface area contributed by atoms with Crippen LogP contribution < -0.4 is 15.4 Å². The van der Waals surface area contributed by atoms with Gasteiger partial charge in [-0.25, -0.2) is 0 Å². The Bertz CT molecular complexity index is 708. The number of ether oxygens (including phenoxy) is 1. The fraction of sp³-hybridized carbons (Fsp3) is 0.389. The van der Waals surface area contributed by atoms with Gasteiger partial charge in [0.15, 0.2) is 0 Å². The molecule has 2 atom stereocenters. The smallest absolute Gasteiger partial charge is 0.221 e. The molecule has 1 aliphatic rings. The summed E-state index contributed by atoms with van der Waals surface area (Å²) in [6, 6.07) is 9.57. The van der Waals surface area contributed by atoms with Crippen LogP contribution in [-0.4, -0.2) is 13.0 Å². The number of anilines is 2. The number of rotatable bonds is 6. The van der Waals surface area contributed by atoms with Crippen LogP contribution in [0.15, 0.2) is 34.7 Å². The fourth-order valence-electron chi connectivity index (χ4n) is 2.72. The van der Waals surface area contributed by atoms with Crippen molar-refractivity contribution in [1.82, 2.24) is 0 Å². The average Bonchev–Trinajstić information content (AvgIpc) is 3.07. The van der Waals surface area contributed by atoms with Gasteiger partial charge in [0.25, 0.3) is 0 Å². The van der Waals surface area contributed by atoms with Crippen molar-refractivity contribution in [2.24, 2.45) is 5.92 Å². The van der Waals surface area contributed by atoms with Gasteiger partial charge in [-0.3, -0.25) is 4.79 Å². The van der Waals surface area contributed by atoms with E-state index in [1.54, 1.807) is 7.11 Å². The first-order chi connectivity index (χ1) is 11.1. The van der Waals surface area contributed by atoms with E-state index in [-0.39, 0.29) is 5.91 Å². The molecular formula is C18H22N2O3. The Kier molecular flexibility index (Phi) is 4.28. The minimum Gasteiger partial charge on any atom is -0.495 e. The van der Waals surface area contributed by atoms with E-state index >= 15 is 0 Å². The van der Waals surface area contributed by atoms with Crippen LogP contribution in [-0.2, 0) is 11.3 Å². The number of methoxy groups -OCH3 is 1. The lowest BCUT2D eigenvalue weighted by Crippen LogP contribution is -2.07. The molecule has 0 radical (unpaired) electrons. The van der Waals surface area contributed by atoms with Gasteiger partial charge in [-0.2, -0.15) is 0 Å². The zero-order valence-electron chi connectivity index (χ0n) is 13.7. The second-order valence-corrected chi connectivity index (χ2v) is 6.07. The molecule has 0 spiro atoms. The first-order valence-electron chi connectivity index (χ1n) is 7.85. The first kappa shape index (κ1) is 15.5. The van der Waals surface area contributed by atoms with Crippen molar-refractivity contribution in [3.8, 4) is 5.75 Å². The maximum Gasteiger partial charge on any atom is 0.221 e. The van der Waals surface area contributed by atoms with Gasteiger partial charge >= 0.3 is 0 Å². The molecule has 0 bridgehead atoms.